The fourth-order valence-electron chi connectivity index (χ4n) is 9.69. The minimum absolute atomic E-state index is 0.0867. The number of allylic oxidation sites excluding steroid dienone is 20. The zero-order valence-corrected chi connectivity index (χ0v) is 54.4. The van der Waals surface area contributed by atoms with Crippen molar-refractivity contribution in [3.63, 3.8) is 0 Å². The molecule has 0 saturated carbocycles. The van der Waals surface area contributed by atoms with Gasteiger partial charge in [0, 0.05) is 19.3 Å². The lowest BCUT2D eigenvalue weighted by Crippen LogP contribution is -2.30. The first-order chi connectivity index (χ1) is 41.0. The van der Waals surface area contributed by atoms with Gasteiger partial charge in [-0.1, -0.05) is 303 Å². The van der Waals surface area contributed by atoms with Crippen LogP contribution in [-0.4, -0.2) is 37.2 Å². The minimum Gasteiger partial charge on any atom is -0.462 e. The van der Waals surface area contributed by atoms with Crippen LogP contribution < -0.4 is 0 Å². The topological polar surface area (TPSA) is 78.9 Å². The van der Waals surface area contributed by atoms with Crippen molar-refractivity contribution in [3.05, 3.63) is 122 Å². The molecule has 0 rings (SSSR count). The lowest BCUT2D eigenvalue weighted by molar-refractivity contribution is -0.167. The first kappa shape index (κ1) is 78.8. The van der Waals surface area contributed by atoms with Crippen molar-refractivity contribution in [2.45, 2.75) is 335 Å². The average Bonchev–Trinajstić information content (AvgIpc) is 3.49. The molecule has 1 unspecified atom stereocenters. The van der Waals surface area contributed by atoms with Crippen LogP contribution in [0.15, 0.2) is 122 Å². The smallest absolute Gasteiger partial charge is 0.306 e. The Kier molecular flexibility index (Phi) is 66.7. The number of rotatable bonds is 63. The van der Waals surface area contributed by atoms with Gasteiger partial charge in [-0.2, -0.15) is 0 Å². The molecule has 0 aliphatic rings. The highest BCUT2D eigenvalue weighted by Crippen LogP contribution is 2.16. The molecular weight excluding hydrogens is 1020 g/mol. The molecule has 6 heteroatoms. The van der Waals surface area contributed by atoms with Gasteiger partial charge in [0.25, 0.3) is 0 Å². The molecule has 6 nitrogen and oxygen atoms in total. The van der Waals surface area contributed by atoms with E-state index in [1.165, 1.54) is 154 Å². The summed E-state index contributed by atoms with van der Waals surface area (Å²) in [5, 5.41) is 0. The maximum Gasteiger partial charge on any atom is 0.306 e. The third kappa shape index (κ3) is 68.5. The second kappa shape index (κ2) is 70.3. The monoisotopic (exact) mass is 1150 g/mol. The summed E-state index contributed by atoms with van der Waals surface area (Å²) in [6, 6.07) is 0. The van der Waals surface area contributed by atoms with Crippen molar-refractivity contribution in [2.24, 2.45) is 0 Å². The second-order valence-corrected chi connectivity index (χ2v) is 23.1. The molecule has 0 radical (unpaired) electrons. The molecule has 0 aromatic heterocycles. The van der Waals surface area contributed by atoms with Crippen LogP contribution in [0.1, 0.15) is 329 Å². The SMILES string of the molecule is CC/C=C\C/C=C\C/C=C\C/C=C\C/C=C\CCCCCCCCCCCCCC(=O)OCC(COC(=O)CCCCCCC/C=C\C/C=C\CCC)OC(=O)CCCCCCCCCCCC/C=C\C/C=C\C/C=C\CCCCCCC. The Balaban J connectivity index is 4.32. The van der Waals surface area contributed by atoms with Crippen LogP contribution in [0.5, 0.6) is 0 Å². The summed E-state index contributed by atoms with van der Waals surface area (Å²) in [6.45, 7) is 6.46. The molecule has 0 aromatic rings. The van der Waals surface area contributed by atoms with Crippen molar-refractivity contribution in [2.75, 3.05) is 13.2 Å². The highest BCUT2D eigenvalue weighted by atomic mass is 16.6. The molecule has 83 heavy (non-hydrogen) atoms. The van der Waals surface area contributed by atoms with Gasteiger partial charge in [-0.15, -0.1) is 0 Å². The number of hydrogen-bond acceptors (Lipinski definition) is 6. The van der Waals surface area contributed by atoms with Gasteiger partial charge in [-0.05, 0) is 128 Å². The summed E-state index contributed by atoms with van der Waals surface area (Å²) in [4.78, 5) is 38.4. The van der Waals surface area contributed by atoms with Gasteiger partial charge < -0.3 is 14.2 Å². The molecule has 474 valence electrons. The number of ether oxygens (including phenoxy) is 3. The van der Waals surface area contributed by atoms with Gasteiger partial charge in [0.2, 0.25) is 0 Å². The molecule has 0 heterocycles. The predicted octanol–water partition coefficient (Wildman–Crippen LogP) is 24.3. The quantitative estimate of drug-likeness (QED) is 0.0261. The Morgan fingerprint density at radius 3 is 0.783 bits per heavy atom. The molecule has 0 N–H and O–H groups in total. The first-order valence-corrected chi connectivity index (χ1v) is 35.0. The third-order valence-electron chi connectivity index (χ3n) is 14.9. The molecule has 1 atom stereocenters. The van der Waals surface area contributed by atoms with Crippen LogP contribution in [0.25, 0.3) is 0 Å². The summed E-state index contributed by atoms with van der Waals surface area (Å²) in [5.41, 5.74) is 0. The summed E-state index contributed by atoms with van der Waals surface area (Å²) in [7, 11) is 0. The Labute approximate surface area is 513 Å². The van der Waals surface area contributed by atoms with E-state index in [-0.39, 0.29) is 31.1 Å². The Morgan fingerprint density at radius 2 is 0.494 bits per heavy atom. The fraction of sp³-hybridized carbons (Fsp3) is 0.701. The zero-order chi connectivity index (χ0) is 59.9. The number of unbranched alkanes of at least 4 members (excludes halogenated alkanes) is 32. The van der Waals surface area contributed by atoms with Crippen molar-refractivity contribution in [1.29, 1.82) is 0 Å². The molecule has 0 amide bonds. The maximum absolute atomic E-state index is 13.0. The molecular formula is C77H130O6. The summed E-state index contributed by atoms with van der Waals surface area (Å²) in [5.74, 6) is -0.899. The van der Waals surface area contributed by atoms with E-state index in [0.29, 0.717) is 19.3 Å². The van der Waals surface area contributed by atoms with E-state index in [4.69, 9.17) is 14.2 Å². The molecule has 0 aromatic carbocycles. The predicted molar refractivity (Wildman–Crippen MR) is 362 cm³/mol. The normalized spacial score (nSPS) is 12.9. The average molecular weight is 1150 g/mol. The number of carbonyl (C=O) groups is 3. The molecule has 0 fully saturated rings. The van der Waals surface area contributed by atoms with Crippen molar-refractivity contribution < 1.29 is 28.6 Å². The lowest BCUT2D eigenvalue weighted by Gasteiger charge is -2.18. The largest absolute Gasteiger partial charge is 0.462 e. The Bertz CT molecular complexity index is 1700. The third-order valence-corrected chi connectivity index (χ3v) is 14.9. The van der Waals surface area contributed by atoms with Crippen molar-refractivity contribution >= 4 is 17.9 Å². The highest BCUT2D eigenvalue weighted by molar-refractivity contribution is 5.71. The summed E-state index contributed by atoms with van der Waals surface area (Å²) < 4.78 is 17.0. The fourth-order valence-corrected chi connectivity index (χ4v) is 9.69. The van der Waals surface area contributed by atoms with Crippen LogP contribution in [0.2, 0.25) is 0 Å². The van der Waals surface area contributed by atoms with Gasteiger partial charge in [0.1, 0.15) is 13.2 Å². The van der Waals surface area contributed by atoms with E-state index in [0.717, 1.165) is 135 Å². The Morgan fingerprint density at radius 1 is 0.253 bits per heavy atom. The lowest BCUT2D eigenvalue weighted by atomic mass is 10.0. The van der Waals surface area contributed by atoms with E-state index >= 15 is 0 Å². The van der Waals surface area contributed by atoms with E-state index in [9.17, 15) is 14.4 Å². The van der Waals surface area contributed by atoms with Gasteiger partial charge >= 0.3 is 17.9 Å². The first-order valence-electron chi connectivity index (χ1n) is 35.0. The van der Waals surface area contributed by atoms with Gasteiger partial charge in [0.15, 0.2) is 6.10 Å². The second-order valence-electron chi connectivity index (χ2n) is 23.1. The standard InChI is InChI=1S/C77H130O6/c1-4-7-10-13-16-19-22-25-27-29-31-33-35-37-38-40-41-43-45-47-49-52-55-58-61-64-67-70-76(79)82-73-74(72-81-75(78)69-66-63-60-57-54-51-24-21-18-15-12-9-6-3)83-77(80)71-68-65-62-59-56-53-50-48-46-44-42-39-36-34-32-30-28-26-23-20-17-14-11-8-5-2/h7,10,12,15-16,19,21,23-27,30-33,36-39,74H,4-6,8-9,11,13-14,17-18,20,22,28-29,34-35,40-73H2,1-3H3/b10-7-,15-12-,19-16-,24-21-,26-23-,27-25-,32-30-,33-31-,38-37-,39-36-. The molecule has 0 aliphatic heterocycles. The van der Waals surface area contributed by atoms with Crippen LogP contribution in [0.3, 0.4) is 0 Å². The van der Waals surface area contributed by atoms with Gasteiger partial charge in [0.05, 0.1) is 0 Å². The number of hydrogen-bond donors (Lipinski definition) is 0. The van der Waals surface area contributed by atoms with E-state index in [1.54, 1.807) is 0 Å². The van der Waals surface area contributed by atoms with Gasteiger partial charge in [-0.25, -0.2) is 0 Å². The molecule has 0 aliphatic carbocycles. The molecule has 0 bridgehead atoms. The van der Waals surface area contributed by atoms with E-state index in [1.807, 2.05) is 0 Å². The maximum atomic E-state index is 13.0. The highest BCUT2D eigenvalue weighted by Gasteiger charge is 2.19. The van der Waals surface area contributed by atoms with Crippen LogP contribution in [-0.2, 0) is 28.6 Å². The number of esters is 3. The zero-order valence-electron chi connectivity index (χ0n) is 54.4. The van der Waals surface area contributed by atoms with Gasteiger partial charge in [-0.3, -0.25) is 14.4 Å². The van der Waals surface area contributed by atoms with Crippen molar-refractivity contribution in [1.82, 2.24) is 0 Å². The minimum atomic E-state index is -0.792. The molecule has 0 spiro atoms. The molecule has 0 saturated heterocycles. The van der Waals surface area contributed by atoms with Crippen molar-refractivity contribution in [3.8, 4) is 0 Å². The summed E-state index contributed by atoms with van der Waals surface area (Å²) >= 11 is 0. The Hall–Kier alpha value is -4.19. The van der Waals surface area contributed by atoms with Crippen LogP contribution in [0.4, 0.5) is 0 Å². The van der Waals surface area contributed by atoms with Crippen LogP contribution >= 0.6 is 0 Å². The number of carbonyl (C=O) groups excluding carboxylic acids is 3. The van der Waals surface area contributed by atoms with Crippen LogP contribution in [0, 0.1) is 0 Å². The summed E-state index contributed by atoms with van der Waals surface area (Å²) in [6.07, 6.45) is 97.9. The van der Waals surface area contributed by atoms with E-state index < -0.39 is 6.10 Å². The van der Waals surface area contributed by atoms with E-state index in [2.05, 4.69) is 142 Å².